The van der Waals surface area contributed by atoms with Crippen LogP contribution in [0.1, 0.15) is 17.1 Å². The fourth-order valence-electron chi connectivity index (χ4n) is 3.14. The van der Waals surface area contributed by atoms with Gasteiger partial charge in [0.2, 0.25) is 0 Å². The molecule has 0 bridgehead atoms. The Kier molecular flexibility index (Phi) is 4.95. The van der Waals surface area contributed by atoms with Crippen molar-refractivity contribution in [1.82, 2.24) is 23.5 Å². The first-order chi connectivity index (χ1) is 15.6. The Balaban J connectivity index is 1.98. The van der Waals surface area contributed by atoms with E-state index >= 15 is 0 Å². The summed E-state index contributed by atoms with van der Waals surface area (Å²) in [7, 11) is 0.890. The summed E-state index contributed by atoms with van der Waals surface area (Å²) in [5.41, 5.74) is -5.61. The lowest BCUT2D eigenvalue weighted by Crippen LogP contribution is -2.40. The summed E-state index contributed by atoms with van der Waals surface area (Å²) < 4.78 is 44.8. The Morgan fingerprint density at radius 3 is 2.45 bits per heavy atom. The Morgan fingerprint density at radius 2 is 1.82 bits per heavy atom. The fourth-order valence-corrected chi connectivity index (χ4v) is 3.90. The normalized spacial score (nSPS) is 11.3. The molecule has 0 aliphatic heterocycles. The molecule has 0 unspecified atom stereocenters. The van der Waals surface area contributed by atoms with Gasteiger partial charge in [-0.05, 0) is 29.7 Å². The van der Waals surface area contributed by atoms with Crippen molar-refractivity contribution in [3.05, 3.63) is 72.5 Å². The Labute approximate surface area is 184 Å². The molecule has 0 radical (unpaired) electrons. The first-order valence-electron chi connectivity index (χ1n) is 8.81. The van der Waals surface area contributed by atoms with E-state index in [-0.39, 0.29) is 33.8 Å². The van der Waals surface area contributed by atoms with Crippen LogP contribution in [0.4, 0.5) is 13.2 Å². The highest BCUT2D eigenvalue weighted by Gasteiger charge is 2.35. The van der Waals surface area contributed by atoms with Crippen LogP contribution in [0, 0.1) is 22.7 Å². The number of hydrogen-bond acceptors (Lipinski definition) is 8. The molecule has 164 valence electrons. The summed E-state index contributed by atoms with van der Waals surface area (Å²) in [5.74, 6) is 0. The number of nitrogens with one attached hydrogen (secondary N) is 1. The second-order valence-corrected chi connectivity index (χ2v) is 7.42. The molecule has 0 aliphatic rings. The van der Waals surface area contributed by atoms with Crippen LogP contribution in [0.3, 0.4) is 0 Å². The minimum absolute atomic E-state index is 0.0101. The molecule has 3 heterocycles. The Bertz CT molecular complexity index is 1710. The van der Waals surface area contributed by atoms with Gasteiger partial charge in [0, 0.05) is 18.5 Å². The van der Waals surface area contributed by atoms with E-state index in [0.717, 1.165) is 18.6 Å². The number of H-pyrrole nitrogens is 1. The molecule has 14 heteroatoms. The molecule has 0 saturated heterocycles. The molecular weight excluding hydrogens is 463 g/mol. The lowest BCUT2D eigenvalue weighted by molar-refractivity contribution is -0.144. The molecule has 4 aromatic rings. The molecule has 0 atom stereocenters. The van der Waals surface area contributed by atoms with Gasteiger partial charge in [-0.3, -0.25) is 14.2 Å². The van der Waals surface area contributed by atoms with Crippen LogP contribution < -0.4 is 16.8 Å². The van der Waals surface area contributed by atoms with Gasteiger partial charge < -0.3 is 4.98 Å². The quantitative estimate of drug-likeness (QED) is 0.467. The van der Waals surface area contributed by atoms with Crippen molar-refractivity contribution in [2.24, 2.45) is 7.05 Å². The highest BCUT2D eigenvalue weighted by Crippen LogP contribution is 2.30. The number of nitriles is 2. The molecule has 0 spiro atoms. The van der Waals surface area contributed by atoms with Gasteiger partial charge in [0.15, 0.2) is 17.1 Å². The van der Waals surface area contributed by atoms with Crippen LogP contribution in [0.2, 0.25) is 0 Å². The number of rotatable bonds is 2. The molecule has 0 saturated carbocycles. The van der Waals surface area contributed by atoms with E-state index in [1.807, 2.05) is 0 Å². The molecule has 0 fully saturated rings. The second-order valence-electron chi connectivity index (χ2n) is 6.62. The minimum Gasteiger partial charge on any atom is -0.309 e. The van der Waals surface area contributed by atoms with Crippen molar-refractivity contribution in [3.63, 3.8) is 0 Å². The predicted molar refractivity (Wildman–Crippen MR) is 109 cm³/mol. The molecular formula is C19H8F3N7O3S. The molecule has 0 amide bonds. The SMILES string of the molecule is Cn1c(C(F)(F)F)cc(=O)n(-c2ccc3snc(-c4nc(C#N)c(C#N)[nH]c4=O)c3c2)c1=O. The van der Waals surface area contributed by atoms with E-state index in [1.165, 1.54) is 18.2 Å². The lowest BCUT2D eigenvalue weighted by atomic mass is 10.1. The number of halogens is 3. The van der Waals surface area contributed by atoms with Gasteiger partial charge in [0.25, 0.3) is 11.1 Å². The standard InChI is InChI=1S/C19H8F3N7O3S/c1-28-13(19(20,21)22)5-14(30)29(18(28)32)8-2-3-12-9(4-8)15(27-33-12)16-17(31)26-11(7-24)10(6-23)25-16/h2-5H,1H3,(H,26,31). The van der Waals surface area contributed by atoms with Gasteiger partial charge >= 0.3 is 11.9 Å². The van der Waals surface area contributed by atoms with Crippen molar-refractivity contribution in [2.45, 2.75) is 6.18 Å². The number of hydrogen-bond donors (Lipinski definition) is 1. The smallest absolute Gasteiger partial charge is 0.309 e. The number of alkyl halides is 3. The minimum atomic E-state index is -4.90. The van der Waals surface area contributed by atoms with E-state index in [4.69, 9.17) is 5.26 Å². The summed E-state index contributed by atoms with van der Waals surface area (Å²) >= 11 is 0.952. The van der Waals surface area contributed by atoms with Gasteiger partial charge in [0.1, 0.15) is 23.5 Å². The van der Waals surface area contributed by atoms with Crippen LogP contribution in [0.5, 0.6) is 0 Å². The highest BCUT2D eigenvalue weighted by atomic mass is 32.1. The monoisotopic (exact) mass is 471 g/mol. The van der Waals surface area contributed by atoms with Crippen molar-refractivity contribution in [2.75, 3.05) is 0 Å². The maximum atomic E-state index is 13.1. The lowest BCUT2D eigenvalue weighted by Gasteiger charge is -2.14. The van der Waals surface area contributed by atoms with Crippen LogP contribution in [-0.4, -0.2) is 23.5 Å². The van der Waals surface area contributed by atoms with Crippen LogP contribution >= 0.6 is 11.5 Å². The third kappa shape index (κ3) is 3.48. The largest absolute Gasteiger partial charge is 0.431 e. The van der Waals surface area contributed by atoms with E-state index in [1.54, 1.807) is 12.1 Å². The van der Waals surface area contributed by atoms with Crippen molar-refractivity contribution in [1.29, 1.82) is 10.5 Å². The molecule has 10 nitrogen and oxygen atoms in total. The van der Waals surface area contributed by atoms with Crippen LogP contribution in [0.15, 0.2) is 38.6 Å². The summed E-state index contributed by atoms with van der Waals surface area (Å²) in [5, 5.41) is 18.5. The number of benzene rings is 1. The Morgan fingerprint density at radius 1 is 1.09 bits per heavy atom. The number of aromatic amines is 1. The average Bonchev–Trinajstić information content (AvgIpc) is 3.18. The third-order valence-corrected chi connectivity index (χ3v) is 5.50. The van der Waals surface area contributed by atoms with Crippen LogP contribution in [0.25, 0.3) is 27.2 Å². The predicted octanol–water partition coefficient (Wildman–Crippen LogP) is 1.66. The van der Waals surface area contributed by atoms with E-state index in [0.29, 0.717) is 19.9 Å². The maximum Gasteiger partial charge on any atom is 0.431 e. The van der Waals surface area contributed by atoms with Gasteiger partial charge in [0.05, 0.1) is 10.4 Å². The van der Waals surface area contributed by atoms with Gasteiger partial charge in [-0.15, -0.1) is 0 Å². The van der Waals surface area contributed by atoms with E-state index < -0.39 is 28.7 Å². The summed E-state index contributed by atoms with van der Waals surface area (Å²) in [6.45, 7) is 0. The summed E-state index contributed by atoms with van der Waals surface area (Å²) in [4.78, 5) is 43.5. The molecule has 0 aliphatic carbocycles. The summed E-state index contributed by atoms with van der Waals surface area (Å²) in [6.07, 6.45) is -4.90. The molecule has 1 N–H and O–H groups in total. The second kappa shape index (κ2) is 7.54. The zero-order valence-corrected chi connectivity index (χ0v) is 17.1. The van der Waals surface area contributed by atoms with Gasteiger partial charge in [-0.1, -0.05) is 0 Å². The molecule has 4 rings (SSSR count). The third-order valence-electron chi connectivity index (χ3n) is 4.68. The van der Waals surface area contributed by atoms with Gasteiger partial charge in [-0.2, -0.15) is 28.1 Å². The topological polar surface area (TPSA) is 150 Å². The van der Waals surface area contributed by atoms with Crippen molar-refractivity contribution < 1.29 is 13.2 Å². The number of fused-ring (bicyclic) bond motifs is 1. The van der Waals surface area contributed by atoms with Crippen LogP contribution in [-0.2, 0) is 13.2 Å². The summed E-state index contributed by atoms with van der Waals surface area (Å²) in [6, 6.07) is 7.76. The Hall–Kier alpha value is -4.56. The van der Waals surface area contributed by atoms with E-state index in [9.17, 15) is 32.8 Å². The number of nitrogens with zero attached hydrogens (tertiary/aromatic N) is 6. The number of aromatic nitrogens is 5. The van der Waals surface area contributed by atoms with E-state index in [2.05, 4.69) is 14.3 Å². The van der Waals surface area contributed by atoms with Gasteiger partial charge in [-0.25, -0.2) is 14.3 Å². The molecule has 33 heavy (non-hydrogen) atoms. The zero-order valence-electron chi connectivity index (χ0n) is 16.3. The molecule has 1 aromatic carbocycles. The van der Waals surface area contributed by atoms with Crippen molar-refractivity contribution in [3.8, 4) is 29.2 Å². The highest BCUT2D eigenvalue weighted by molar-refractivity contribution is 7.13. The average molecular weight is 471 g/mol. The molecule has 3 aromatic heterocycles. The van der Waals surface area contributed by atoms with Crippen molar-refractivity contribution >= 4 is 21.6 Å². The zero-order chi connectivity index (χ0) is 24.1. The fraction of sp³-hybridized carbons (Fsp3) is 0.105. The first kappa shape index (κ1) is 21.7. The first-order valence-corrected chi connectivity index (χ1v) is 9.59. The maximum absolute atomic E-state index is 13.1.